The van der Waals surface area contributed by atoms with Crippen molar-refractivity contribution in [2.24, 2.45) is 5.92 Å². The first-order chi connectivity index (χ1) is 12.4. The van der Waals surface area contributed by atoms with Crippen LogP contribution in [0.1, 0.15) is 31.7 Å². The zero-order valence-electron chi connectivity index (χ0n) is 14.9. The smallest absolute Gasteiger partial charge is 0.357 e. The van der Waals surface area contributed by atoms with Crippen molar-refractivity contribution in [3.8, 4) is 0 Å². The standard InChI is InChI=1S/C18H25F3N4O/c1-2-25(15-5-8-22-12-15)17(26)13-6-9-24(10-7-13)16-4-3-14(11-23-16)18(19,20)21/h3-4,11,13,15,22H,2,5-10,12H2,1H3. The number of amides is 1. The fourth-order valence-electron chi connectivity index (χ4n) is 3.83. The first kappa shape index (κ1) is 18.9. The number of carbonyl (C=O) groups is 1. The average Bonchev–Trinajstić information content (AvgIpc) is 3.16. The molecule has 8 heteroatoms. The van der Waals surface area contributed by atoms with Crippen molar-refractivity contribution in [2.45, 2.75) is 38.4 Å². The monoisotopic (exact) mass is 370 g/mol. The van der Waals surface area contributed by atoms with Crippen LogP contribution >= 0.6 is 0 Å². The van der Waals surface area contributed by atoms with Crippen LogP contribution in [0.25, 0.3) is 0 Å². The lowest BCUT2D eigenvalue weighted by Gasteiger charge is -2.36. The van der Waals surface area contributed by atoms with Gasteiger partial charge in [-0.1, -0.05) is 0 Å². The summed E-state index contributed by atoms with van der Waals surface area (Å²) in [6, 6.07) is 2.75. The quantitative estimate of drug-likeness (QED) is 0.885. The van der Waals surface area contributed by atoms with Crippen molar-refractivity contribution in [3.63, 3.8) is 0 Å². The topological polar surface area (TPSA) is 48.5 Å². The number of alkyl halides is 3. The van der Waals surface area contributed by atoms with Gasteiger partial charge in [-0.25, -0.2) is 4.98 Å². The SMILES string of the molecule is CCN(C(=O)C1CCN(c2ccc(C(F)(F)F)cn2)CC1)C1CCNC1. The molecule has 0 aliphatic carbocycles. The van der Waals surface area contributed by atoms with Gasteiger partial charge in [0.2, 0.25) is 5.91 Å². The number of hydrogen-bond acceptors (Lipinski definition) is 4. The van der Waals surface area contributed by atoms with Crippen LogP contribution in [0.5, 0.6) is 0 Å². The van der Waals surface area contributed by atoms with E-state index in [0.29, 0.717) is 38.3 Å². The molecule has 144 valence electrons. The van der Waals surface area contributed by atoms with Gasteiger partial charge >= 0.3 is 6.18 Å². The minimum absolute atomic E-state index is 0.0127. The van der Waals surface area contributed by atoms with E-state index < -0.39 is 11.7 Å². The second-order valence-corrected chi connectivity index (χ2v) is 6.94. The van der Waals surface area contributed by atoms with Crippen molar-refractivity contribution in [1.82, 2.24) is 15.2 Å². The summed E-state index contributed by atoms with van der Waals surface area (Å²) in [4.78, 5) is 20.7. The Morgan fingerprint density at radius 1 is 1.31 bits per heavy atom. The largest absolute Gasteiger partial charge is 0.417 e. The first-order valence-corrected chi connectivity index (χ1v) is 9.19. The van der Waals surface area contributed by atoms with E-state index in [1.54, 1.807) is 0 Å². The summed E-state index contributed by atoms with van der Waals surface area (Å²) in [5.41, 5.74) is -0.741. The molecule has 1 unspecified atom stereocenters. The van der Waals surface area contributed by atoms with Gasteiger partial charge < -0.3 is 15.1 Å². The number of piperidine rings is 1. The zero-order valence-corrected chi connectivity index (χ0v) is 14.9. The van der Waals surface area contributed by atoms with E-state index in [1.807, 2.05) is 16.7 Å². The van der Waals surface area contributed by atoms with E-state index in [2.05, 4.69) is 10.3 Å². The molecule has 26 heavy (non-hydrogen) atoms. The number of halogens is 3. The summed E-state index contributed by atoms with van der Waals surface area (Å²) in [7, 11) is 0. The molecule has 2 aliphatic heterocycles. The van der Waals surface area contributed by atoms with Crippen molar-refractivity contribution < 1.29 is 18.0 Å². The van der Waals surface area contributed by atoms with Gasteiger partial charge in [-0.05, 0) is 44.9 Å². The summed E-state index contributed by atoms with van der Waals surface area (Å²) < 4.78 is 37.9. The van der Waals surface area contributed by atoms with Gasteiger partial charge in [0.1, 0.15) is 5.82 Å². The molecule has 1 aromatic heterocycles. The fraction of sp³-hybridized carbons (Fsp3) is 0.667. The molecule has 0 radical (unpaired) electrons. The van der Waals surface area contributed by atoms with Crippen LogP contribution in [0.4, 0.5) is 19.0 Å². The van der Waals surface area contributed by atoms with E-state index in [0.717, 1.165) is 31.8 Å². The molecule has 1 atom stereocenters. The van der Waals surface area contributed by atoms with E-state index >= 15 is 0 Å². The maximum atomic E-state index is 12.9. The van der Waals surface area contributed by atoms with Crippen molar-refractivity contribution in [2.75, 3.05) is 37.6 Å². The molecule has 1 aromatic rings. The highest BCUT2D eigenvalue weighted by atomic mass is 19.4. The molecule has 0 saturated carbocycles. The zero-order chi connectivity index (χ0) is 18.7. The predicted molar refractivity (Wildman–Crippen MR) is 92.8 cm³/mol. The van der Waals surface area contributed by atoms with E-state index in [9.17, 15) is 18.0 Å². The highest BCUT2D eigenvalue weighted by Crippen LogP contribution is 2.30. The number of likely N-dealkylation sites (N-methyl/N-ethyl adjacent to an activating group) is 1. The summed E-state index contributed by atoms with van der Waals surface area (Å²) >= 11 is 0. The van der Waals surface area contributed by atoms with Gasteiger partial charge in [-0.2, -0.15) is 13.2 Å². The predicted octanol–water partition coefficient (Wildman–Crippen LogP) is 2.53. The Balaban J connectivity index is 1.57. The van der Waals surface area contributed by atoms with Crippen molar-refractivity contribution >= 4 is 11.7 Å². The summed E-state index contributed by atoms with van der Waals surface area (Å²) in [5.74, 6) is 0.735. The minimum Gasteiger partial charge on any atom is -0.357 e. The Morgan fingerprint density at radius 3 is 2.54 bits per heavy atom. The van der Waals surface area contributed by atoms with Gasteiger partial charge in [-0.15, -0.1) is 0 Å². The van der Waals surface area contributed by atoms with E-state index in [4.69, 9.17) is 0 Å². The van der Waals surface area contributed by atoms with Gasteiger partial charge in [0.25, 0.3) is 0 Å². The normalized spacial score (nSPS) is 21.8. The van der Waals surface area contributed by atoms with Crippen LogP contribution < -0.4 is 10.2 Å². The molecule has 0 bridgehead atoms. The van der Waals surface area contributed by atoms with Crippen LogP contribution in [0.2, 0.25) is 0 Å². The van der Waals surface area contributed by atoms with Crippen LogP contribution in [0, 0.1) is 5.92 Å². The third-order valence-corrected chi connectivity index (χ3v) is 5.34. The number of aromatic nitrogens is 1. The summed E-state index contributed by atoms with van der Waals surface area (Å²) in [6.45, 7) is 5.80. The maximum Gasteiger partial charge on any atom is 0.417 e. The molecule has 1 N–H and O–H groups in total. The number of nitrogens with one attached hydrogen (secondary N) is 1. The first-order valence-electron chi connectivity index (χ1n) is 9.19. The van der Waals surface area contributed by atoms with Gasteiger partial charge in [0, 0.05) is 44.3 Å². The number of pyridine rings is 1. The Hall–Kier alpha value is -1.83. The van der Waals surface area contributed by atoms with E-state index in [1.165, 1.54) is 6.07 Å². The Morgan fingerprint density at radius 2 is 2.04 bits per heavy atom. The highest BCUT2D eigenvalue weighted by molar-refractivity contribution is 5.79. The third-order valence-electron chi connectivity index (χ3n) is 5.34. The maximum absolute atomic E-state index is 12.9. The summed E-state index contributed by atoms with van der Waals surface area (Å²) in [6.07, 6.45) is -1.09. The molecule has 2 fully saturated rings. The van der Waals surface area contributed by atoms with Crippen LogP contribution in [-0.4, -0.2) is 54.6 Å². The second kappa shape index (κ2) is 7.82. The van der Waals surface area contributed by atoms with Crippen LogP contribution in [0.3, 0.4) is 0 Å². The number of carbonyl (C=O) groups excluding carboxylic acids is 1. The number of anilines is 1. The van der Waals surface area contributed by atoms with Crippen LogP contribution in [0.15, 0.2) is 18.3 Å². The molecule has 1 amide bonds. The van der Waals surface area contributed by atoms with Crippen LogP contribution in [-0.2, 0) is 11.0 Å². The number of rotatable bonds is 4. The van der Waals surface area contributed by atoms with Gasteiger partial charge in [0.05, 0.1) is 5.56 Å². The molecular formula is C18H25F3N4O. The third kappa shape index (κ3) is 4.11. The van der Waals surface area contributed by atoms with Crippen molar-refractivity contribution in [3.05, 3.63) is 23.9 Å². The lowest BCUT2D eigenvalue weighted by atomic mass is 9.94. The minimum atomic E-state index is -4.37. The molecule has 5 nitrogen and oxygen atoms in total. The molecule has 3 rings (SSSR count). The fourth-order valence-corrected chi connectivity index (χ4v) is 3.83. The molecule has 3 heterocycles. The molecule has 0 spiro atoms. The Bertz CT molecular complexity index is 606. The highest BCUT2D eigenvalue weighted by Gasteiger charge is 2.33. The summed E-state index contributed by atoms with van der Waals surface area (Å²) in [5, 5.41) is 3.30. The Labute approximate surface area is 151 Å². The Kier molecular flexibility index (Phi) is 5.70. The number of nitrogens with zero attached hydrogens (tertiary/aromatic N) is 3. The van der Waals surface area contributed by atoms with E-state index in [-0.39, 0.29) is 17.9 Å². The average molecular weight is 370 g/mol. The molecule has 2 aliphatic rings. The molecule has 0 aromatic carbocycles. The molecular weight excluding hydrogens is 345 g/mol. The lowest BCUT2D eigenvalue weighted by Crippen LogP contribution is -2.47. The van der Waals surface area contributed by atoms with Gasteiger partial charge in [-0.3, -0.25) is 4.79 Å². The lowest BCUT2D eigenvalue weighted by molar-refractivity contribution is -0.138. The van der Waals surface area contributed by atoms with Crippen molar-refractivity contribution in [1.29, 1.82) is 0 Å². The number of hydrogen-bond donors (Lipinski definition) is 1. The molecule has 2 saturated heterocycles. The second-order valence-electron chi connectivity index (χ2n) is 6.94. The van der Waals surface area contributed by atoms with Gasteiger partial charge in [0.15, 0.2) is 0 Å².